The summed E-state index contributed by atoms with van der Waals surface area (Å²) in [6.07, 6.45) is -2.44. The van der Waals surface area contributed by atoms with E-state index in [1.54, 1.807) is 17.0 Å². The Morgan fingerprint density at radius 3 is 2.28 bits per heavy atom. The summed E-state index contributed by atoms with van der Waals surface area (Å²) in [7, 11) is 0. The lowest BCUT2D eigenvalue weighted by Gasteiger charge is -2.44. The fourth-order valence-electron chi connectivity index (χ4n) is 6.54. The Morgan fingerprint density at radius 1 is 1.03 bits per heavy atom. The number of carbonyl (C=O) groups is 2. The first kappa shape index (κ1) is 27.4. The number of likely N-dealkylation sites (tertiary alicyclic amines) is 1. The van der Waals surface area contributed by atoms with Crippen molar-refractivity contribution in [2.24, 2.45) is 11.8 Å². The molecule has 2 heterocycles. The van der Waals surface area contributed by atoms with Crippen molar-refractivity contribution in [1.29, 1.82) is 0 Å². The first-order valence-corrected chi connectivity index (χ1v) is 13.1. The van der Waals surface area contributed by atoms with Gasteiger partial charge in [-0.1, -0.05) is 24.3 Å². The summed E-state index contributed by atoms with van der Waals surface area (Å²) < 4.78 is 74.6. The third-order valence-electron chi connectivity index (χ3n) is 8.94. The minimum absolute atomic E-state index is 0.0167. The molecule has 2 aromatic carbocycles. The minimum atomic E-state index is -5.11. The van der Waals surface area contributed by atoms with Crippen LogP contribution in [0.25, 0.3) is 0 Å². The van der Waals surface area contributed by atoms with Crippen LogP contribution in [-0.2, 0) is 27.1 Å². The van der Waals surface area contributed by atoms with Crippen LogP contribution in [0.4, 0.5) is 22.0 Å². The molecule has 3 atom stereocenters. The summed E-state index contributed by atoms with van der Waals surface area (Å²) in [5, 5.41) is 9.31. The van der Waals surface area contributed by atoms with Crippen molar-refractivity contribution in [3.8, 4) is 5.75 Å². The molecule has 1 saturated heterocycles. The predicted molar refractivity (Wildman–Crippen MR) is 131 cm³/mol. The molecule has 1 amide bonds. The number of carboxylic acid groups (broad SMARTS) is 1. The van der Waals surface area contributed by atoms with Crippen LogP contribution >= 0.6 is 0 Å². The molecule has 2 fully saturated rings. The molecule has 1 aliphatic carbocycles. The van der Waals surface area contributed by atoms with Gasteiger partial charge < -0.3 is 14.7 Å². The number of rotatable bonds is 5. The maximum absolute atomic E-state index is 14.8. The summed E-state index contributed by atoms with van der Waals surface area (Å²) in [5.41, 5.74) is -3.48. The largest absolute Gasteiger partial charge is 0.491 e. The Bertz CT molecular complexity index is 1250. The van der Waals surface area contributed by atoms with Gasteiger partial charge in [-0.3, -0.25) is 9.59 Å². The summed E-state index contributed by atoms with van der Waals surface area (Å²) in [4.78, 5) is 26.8. The molecule has 0 radical (unpaired) electrons. The number of nitrogens with zero attached hydrogens (tertiary/aromatic N) is 1. The number of ether oxygens (including phenoxy) is 1. The highest BCUT2D eigenvalue weighted by molar-refractivity contribution is 5.81. The zero-order valence-electron chi connectivity index (χ0n) is 21.4. The van der Waals surface area contributed by atoms with Gasteiger partial charge in [0.2, 0.25) is 11.6 Å². The van der Waals surface area contributed by atoms with Gasteiger partial charge in [0.25, 0.3) is 0 Å². The maximum Gasteiger partial charge on any atom is 0.426 e. The summed E-state index contributed by atoms with van der Waals surface area (Å²) in [6.45, 7) is 0.879. The number of aliphatic carboxylic acids is 1. The molecule has 3 aliphatic rings. The maximum atomic E-state index is 14.8. The second-order valence-corrected chi connectivity index (χ2v) is 11.2. The van der Waals surface area contributed by atoms with Crippen LogP contribution in [0.5, 0.6) is 5.75 Å². The molecule has 5 nitrogen and oxygen atoms in total. The number of fused-ring (bicyclic) bond motifs is 3. The highest BCUT2D eigenvalue weighted by Gasteiger charge is 2.57. The van der Waals surface area contributed by atoms with E-state index in [2.05, 4.69) is 0 Å². The van der Waals surface area contributed by atoms with Gasteiger partial charge >= 0.3 is 12.1 Å². The normalized spacial score (nSPS) is 28.2. The van der Waals surface area contributed by atoms with Gasteiger partial charge in [-0.05, 0) is 69.2 Å². The standard InChI is InChI=1S/C29H30F5NO4/c1-27(31,29(32,33)34)20-8-11-22-23(14-20)39-16-24-28(22,15-17-2-9-21(30)10-3-17)12-13-35(24)25(36)18-4-6-19(7-5-18)26(37)38/h2-3,8-11,14,18-19,24H,4-7,12-13,15-16H2,1H3,(H,37,38)/t18-,19-,24?,27?,28?. The molecule has 2 aromatic rings. The molecule has 0 bridgehead atoms. The molecule has 39 heavy (non-hydrogen) atoms. The van der Waals surface area contributed by atoms with Gasteiger partial charge in [0.05, 0.1) is 12.0 Å². The number of amides is 1. The molecule has 2 aliphatic heterocycles. The van der Waals surface area contributed by atoms with Crippen molar-refractivity contribution in [2.75, 3.05) is 13.2 Å². The van der Waals surface area contributed by atoms with Gasteiger partial charge in [-0.15, -0.1) is 0 Å². The third kappa shape index (κ3) is 4.76. The summed E-state index contributed by atoms with van der Waals surface area (Å²) in [6, 6.07) is 9.21. The van der Waals surface area contributed by atoms with Crippen LogP contribution in [0, 0.1) is 17.7 Å². The number of hydrogen-bond donors (Lipinski definition) is 1. The second-order valence-electron chi connectivity index (χ2n) is 11.2. The molecule has 3 unspecified atom stereocenters. The monoisotopic (exact) mass is 551 g/mol. The van der Waals surface area contributed by atoms with Crippen LogP contribution in [0.2, 0.25) is 0 Å². The Labute approximate surface area is 222 Å². The Morgan fingerprint density at radius 2 is 1.67 bits per heavy atom. The van der Waals surface area contributed by atoms with Gasteiger partial charge in [0.1, 0.15) is 18.2 Å². The van der Waals surface area contributed by atoms with Crippen LogP contribution in [0.1, 0.15) is 55.7 Å². The lowest BCUT2D eigenvalue weighted by molar-refractivity contribution is -0.228. The topological polar surface area (TPSA) is 66.8 Å². The molecular formula is C29H30F5NO4. The van der Waals surface area contributed by atoms with Gasteiger partial charge in [-0.2, -0.15) is 13.2 Å². The van der Waals surface area contributed by atoms with E-state index in [1.807, 2.05) is 0 Å². The molecule has 210 valence electrons. The van der Waals surface area contributed by atoms with E-state index in [1.165, 1.54) is 18.2 Å². The Hall–Kier alpha value is -3.17. The van der Waals surface area contributed by atoms with E-state index in [0.29, 0.717) is 57.6 Å². The average Bonchev–Trinajstić information content (AvgIpc) is 3.28. The van der Waals surface area contributed by atoms with Crippen LogP contribution in [-0.4, -0.2) is 47.3 Å². The van der Waals surface area contributed by atoms with Crippen LogP contribution < -0.4 is 4.74 Å². The van der Waals surface area contributed by atoms with E-state index in [9.17, 15) is 36.6 Å². The molecule has 1 N–H and O–H groups in total. The molecular weight excluding hydrogens is 521 g/mol. The van der Waals surface area contributed by atoms with Crippen molar-refractivity contribution in [3.05, 3.63) is 65.0 Å². The number of alkyl halides is 4. The highest BCUT2D eigenvalue weighted by Crippen LogP contribution is 2.52. The van der Waals surface area contributed by atoms with Gasteiger partial charge in [-0.25, -0.2) is 8.78 Å². The van der Waals surface area contributed by atoms with Crippen molar-refractivity contribution in [2.45, 2.75) is 68.8 Å². The molecule has 0 aromatic heterocycles. The quantitative estimate of drug-likeness (QED) is 0.468. The van der Waals surface area contributed by atoms with E-state index < -0.39 is 46.6 Å². The number of carboxylic acids is 1. The highest BCUT2D eigenvalue weighted by atomic mass is 19.4. The molecule has 10 heteroatoms. The Kier molecular flexibility index (Phi) is 6.87. The van der Waals surface area contributed by atoms with E-state index >= 15 is 0 Å². The van der Waals surface area contributed by atoms with Gasteiger partial charge in [0, 0.05) is 29.0 Å². The van der Waals surface area contributed by atoms with Crippen molar-refractivity contribution >= 4 is 11.9 Å². The number of carbonyl (C=O) groups excluding carboxylic acids is 1. The smallest absolute Gasteiger partial charge is 0.426 e. The first-order chi connectivity index (χ1) is 18.3. The molecule has 1 saturated carbocycles. The van der Waals surface area contributed by atoms with E-state index in [-0.39, 0.29) is 24.2 Å². The molecule has 5 rings (SSSR count). The molecule has 0 spiro atoms. The average molecular weight is 552 g/mol. The fraction of sp³-hybridized carbons (Fsp3) is 0.517. The van der Waals surface area contributed by atoms with Gasteiger partial charge in [0.15, 0.2) is 0 Å². The third-order valence-corrected chi connectivity index (χ3v) is 8.94. The number of halogens is 5. The lowest BCUT2D eigenvalue weighted by atomic mass is 9.68. The van der Waals surface area contributed by atoms with E-state index in [4.69, 9.17) is 4.74 Å². The van der Waals surface area contributed by atoms with Crippen molar-refractivity contribution in [1.82, 2.24) is 4.90 Å². The Balaban J connectivity index is 1.49. The van der Waals surface area contributed by atoms with E-state index in [0.717, 1.165) is 17.7 Å². The number of hydrogen-bond acceptors (Lipinski definition) is 3. The lowest BCUT2D eigenvalue weighted by Crippen LogP contribution is -2.53. The minimum Gasteiger partial charge on any atom is -0.491 e. The van der Waals surface area contributed by atoms with Crippen molar-refractivity contribution in [3.63, 3.8) is 0 Å². The fourth-order valence-corrected chi connectivity index (χ4v) is 6.54. The zero-order chi connectivity index (χ0) is 28.2. The predicted octanol–water partition coefficient (Wildman–Crippen LogP) is 5.94. The second kappa shape index (κ2) is 9.78. The van der Waals surface area contributed by atoms with Crippen LogP contribution in [0.3, 0.4) is 0 Å². The first-order valence-electron chi connectivity index (χ1n) is 13.1. The van der Waals surface area contributed by atoms with Crippen LogP contribution in [0.15, 0.2) is 42.5 Å². The summed E-state index contributed by atoms with van der Waals surface area (Å²) in [5.74, 6) is -1.96. The zero-order valence-corrected chi connectivity index (χ0v) is 21.4. The SMILES string of the molecule is CC(F)(c1ccc2c(c1)OCC1N(C(=O)[C@H]3CC[C@H](C(=O)O)CC3)CCC21Cc1ccc(F)cc1)C(F)(F)F. The summed E-state index contributed by atoms with van der Waals surface area (Å²) >= 11 is 0. The van der Waals surface area contributed by atoms with Crippen molar-refractivity contribution < 1.29 is 41.4 Å². The number of benzene rings is 2.